The van der Waals surface area contributed by atoms with E-state index in [9.17, 15) is 0 Å². The number of nitrogens with two attached hydrogens (primary N) is 1. The van der Waals surface area contributed by atoms with Crippen LogP contribution in [-0.4, -0.2) is 6.10 Å². The van der Waals surface area contributed by atoms with Crippen LogP contribution in [-0.2, 0) is 0 Å². The zero-order valence-corrected chi connectivity index (χ0v) is 10.9. The molecule has 0 bridgehead atoms. The number of hydrogen-bond donors (Lipinski definition) is 1. The van der Waals surface area contributed by atoms with E-state index in [-0.39, 0.29) is 6.04 Å². The minimum atomic E-state index is 0.0345. The van der Waals surface area contributed by atoms with Gasteiger partial charge in [0, 0.05) is 11.6 Å². The second-order valence-corrected chi connectivity index (χ2v) is 5.34. The van der Waals surface area contributed by atoms with Crippen LogP contribution in [0.15, 0.2) is 24.3 Å². The Hall–Kier alpha value is -1.02. The third kappa shape index (κ3) is 3.22. The molecule has 2 unspecified atom stereocenters. The maximum atomic E-state index is 6.14. The molecule has 1 fully saturated rings. The van der Waals surface area contributed by atoms with Gasteiger partial charge in [-0.25, -0.2) is 0 Å². The zero-order valence-electron chi connectivity index (χ0n) is 10.9. The van der Waals surface area contributed by atoms with Crippen molar-refractivity contribution in [2.75, 3.05) is 0 Å². The summed E-state index contributed by atoms with van der Waals surface area (Å²) < 4.78 is 6.14. The van der Waals surface area contributed by atoms with E-state index >= 15 is 0 Å². The predicted octanol–water partition coefficient (Wildman–Crippen LogP) is 3.66. The number of ether oxygens (including phenoxy) is 1. The molecule has 1 aromatic rings. The van der Waals surface area contributed by atoms with Crippen molar-refractivity contribution in [3.63, 3.8) is 0 Å². The van der Waals surface area contributed by atoms with Crippen molar-refractivity contribution in [3.8, 4) is 5.75 Å². The Kier molecular flexibility index (Phi) is 4.06. The molecule has 94 valence electrons. The van der Waals surface area contributed by atoms with Gasteiger partial charge < -0.3 is 10.5 Å². The first kappa shape index (κ1) is 12.4. The summed E-state index contributed by atoms with van der Waals surface area (Å²) in [6.07, 6.45) is 5.35. The summed E-state index contributed by atoms with van der Waals surface area (Å²) in [4.78, 5) is 0. The molecule has 2 heteroatoms. The quantitative estimate of drug-likeness (QED) is 0.864. The molecule has 0 amide bonds. The Bertz CT molecular complexity index is 362. The van der Waals surface area contributed by atoms with Crippen molar-refractivity contribution < 1.29 is 4.74 Å². The van der Waals surface area contributed by atoms with Crippen molar-refractivity contribution in [2.24, 2.45) is 11.7 Å². The van der Waals surface area contributed by atoms with E-state index in [4.69, 9.17) is 10.5 Å². The van der Waals surface area contributed by atoms with Gasteiger partial charge in [0.05, 0.1) is 6.10 Å². The van der Waals surface area contributed by atoms with Crippen molar-refractivity contribution in [1.29, 1.82) is 0 Å². The monoisotopic (exact) mass is 233 g/mol. The average molecular weight is 233 g/mol. The minimum Gasteiger partial charge on any atom is -0.490 e. The van der Waals surface area contributed by atoms with Gasteiger partial charge in [0.1, 0.15) is 5.75 Å². The van der Waals surface area contributed by atoms with Crippen LogP contribution in [0.25, 0.3) is 0 Å². The highest BCUT2D eigenvalue weighted by molar-refractivity contribution is 5.35. The molecule has 0 spiro atoms. The molecule has 17 heavy (non-hydrogen) atoms. The summed E-state index contributed by atoms with van der Waals surface area (Å²) in [6.45, 7) is 4.32. The van der Waals surface area contributed by atoms with E-state index in [2.05, 4.69) is 13.0 Å². The van der Waals surface area contributed by atoms with Crippen molar-refractivity contribution in [2.45, 2.75) is 51.7 Å². The van der Waals surface area contributed by atoms with Crippen LogP contribution in [0.3, 0.4) is 0 Å². The molecule has 3 atom stereocenters. The van der Waals surface area contributed by atoms with Gasteiger partial charge in [-0.15, -0.1) is 0 Å². The van der Waals surface area contributed by atoms with Gasteiger partial charge in [-0.1, -0.05) is 31.5 Å². The molecule has 2 N–H and O–H groups in total. The maximum Gasteiger partial charge on any atom is 0.124 e. The molecular formula is C15H23NO. The van der Waals surface area contributed by atoms with E-state index in [0.717, 1.165) is 17.2 Å². The first-order valence-electron chi connectivity index (χ1n) is 6.68. The predicted molar refractivity (Wildman–Crippen MR) is 71.1 cm³/mol. The molecule has 0 saturated heterocycles. The van der Waals surface area contributed by atoms with Gasteiger partial charge in [-0.2, -0.15) is 0 Å². The van der Waals surface area contributed by atoms with Gasteiger partial charge in [-0.3, -0.25) is 0 Å². The van der Waals surface area contributed by atoms with Gasteiger partial charge in [0.2, 0.25) is 0 Å². The summed E-state index contributed by atoms with van der Waals surface area (Å²) >= 11 is 0. The largest absolute Gasteiger partial charge is 0.490 e. The highest BCUT2D eigenvalue weighted by Gasteiger charge is 2.21. The van der Waals surface area contributed by atoms with Crippen LogP contribution >= 0.6 is 0 Å². The topological polar surface area (TPSA) is 35.2 Å². The molecule has 0 aromatic heterocycles. The highest BCUT2D eigenvalue weighted by Crippen LogP contribution is 2.30. The van der Waals surface area contributed by atoms with Crippen LogP contribution in [0.4, 0.5) is 0 Å². The van der Waals surface area contributed by atoms with E-state index < -0.39 is 0 Å². The number of rotatable bonds is 3. The van der Waals surface area contributed by atoms with Crippen LogP contribution in [0.2, 0.25) is 0 Å². The Morgan fingerprint density at radius 3 is 2.76 bits per heavy atom. The first-order valence-corrected chi connectivity index (χ1v) is 6.68. The van der Waals surface area contributed by atoms with Gasteiger partial charge >= 0.3 is 0 Å². The smallest absolute Gasteiger partial charge is 0.124 e. The zero-order chi connectivity index (χ0) is 12.3. The number of para-hydroxylation sites is 1. The fourth-order valence-corrected chi connectivity index (χ4v) is 2.63. The molecule has 2 nitrogen and oxygen atoms in total. The van der Waals surface area contributed by atoms with Gasteiger partial charge in [0.15, 0.2) is 0 Å². The Balaban J connectivity index is 2.07. The van der Waals surface area contributed by atoms with Crippen LogP contribution < -0.4 is 10.5 Å². The maximum absolute atomic E-state index is 6.14. The molecule has 0 aliphatic heterocycles. The third-order valence-electron chi connectivity index (χ3n) is 3.59. The summed E-state index contributed by atoms with van der Waals surface area (Å²) in [7, 11) is 0. The lowest BCUT2D eigenvalue weighted by molar-refractivity contribution is 0.127. The molecule has 1 aliphatic carbocycles. The SMILES string of the molecule is CC1CCCC(Oc2ccccc2[C@H](C)N)C1. The molecule has 0 heterocycles. The summed E-state index contributed by atoms with van der Waals surface area (Å²) in [5.74, 6) is 1.76. The fourth-order valence-electron chi connectivity index (χ4n) is 2.63. The number of benzene rings is 1. The molecular weight excluding hydrogens is 210 g/mol. The highest BCUT2D eigenvalue weighted by atomic mass is 16.5. The minimum absolute atomic E-state index is 0.0345. The molecule has 1 saturated carbocycles. The lowest BCUT2D eigenvalue weighted by atomic mass is 9.88. The third-order valence-corrected chi connectivity index (χ3v) is 3.59. The molecule has 1 aromatic carbocycles. The lowest BCUT2D eigenvalue weighted by Gasteiger charge is -2.28. The standard InChI is InChI=1S/C15H23NO/c1-11-6-5-7-13(10-11)17-15-9-4-3-8-14(15)12(2)16/h3-4,8-9,11-13H,5-7,10,16H2,1-2H3/t11?,12-,13?/m0/s1. The van der Waals surface area contributed by atoms with E-state index in [0.29, 0.717) is 6.10 Å². The number of hydrogen-bond acceptors (Lipinski definition) is 2. The molecule has 1 aliphatic rings. The Morgan fingerprint density at radius 1 is 1.29 bits per heavy atom. The second-order valence-electron chi connectivity index (χ2n) is 5.34. The summed E-state index contributed by atoms with van der Waals surface area (Å²) in [5, 5.41) is 0. The van der Waals surface area contributed by atoms with Crippen molar-refractivity contribution in [3.05, 3.63) is 29.8 Å². The van der Waals surface area contributed by atoms with Crippen LogP contribution in [0, 0.1) is 5.92 Å². The van der Waals surface area contributed by atoms with Crippen molar-refractivity contribution >= 4 is 0 Å². The van der Waals surface area contributed by atoms with E-state index in [1.807, 2.05) is 25.1 Å². The second kappa shape index (κ2) is 5.54. The molecule has 0 radical (unpaired) electrons. The first-order chi connectivity index (χ1) is 8.16. The molecule has 2 rings (SSSR count). The fraction of sp³-hybridized carbons (Fsp3) is 0.600. The normalized spacial score (nSPS) is 26.5. The summed E-state index contributed by atoms with van der Waals surface area (Å²) in [6, 6.07) is 8.18. The van der Waals surface area contributed by atoms with Crippen molar-refractivity contribution in [1.82, 2.24) is 0 Å². The van der Waals surface area contributed by atoms with Crippen LogP contribution in [0.1, 0.15) is 51.1 Å². The van der Waals surface area contributed by atoms with E-state index in [1.54, 1.807) is 0 Å². The van der Waals surface area contributed by atoms with E-state index in [1.165, 1.54) is 25.7 Å². The Labute approximate surface area is 104 Å². The van der Waals surface area contributed by atoms with Gasteiger partial charge in [-0.05, 0) is 38.2 Å². The van der Waals surface area contributed by atoms with Gasteiger partial charge in [0.25, 0.3) is 0 Å². The summed E-state index contributed by atoms with van der Waals surface area (Å²) in [5.41, 5.74) is 7.08. The average Bonchev–Trinajstić information content (AvgIpc) is 2.29. The lowest BCUT2D eigenvalue weighted by Crippen LogP contribution is -2.25. The van der Waals surface area contributed by atoms with Crippen LogP contribution in [0.5, 0.6) is 5.75 Å². The Morgan fingerprint density at radius 2 is 2.06 bits per heavy atom.